The molecule has 1 aliphatic rings. The number of ketones is 2. The summed E-state index contributed by atoms with van der Waals surface area (Å²) in [7, 11) is -3.22. The second-order valence-electron chi connectivity index (χ2n) is 10.4. The van der Waals surface area contributed by atoms with Crippen LogP contribution in [0.15, 0.2) is 48.5 Å². The fraction of sp³-hybridized carbons (Fsp3) is 0.464. The van der Waals surface area contributed by atoms with Gasteiger partial charge in [0.15, 0.2) is 15.6 Å². The lowest BCUT2D eigenvalue weighted by molar-refractivity contribution is -0.177. The highest BCUT2D eigenvalue weighted by Gasteiger charge is 2.45. The normalized spacial score (nSPS) is 18.0. The number of sulfone groups is 1. The molecule has 0 unspecified atom stereocenters. The number of hydrogen-bond donors (Lipinski definition) is 1. The Morgan fingerprint density at radius 3 is 2.07 bits per heavy atom. The molecule has 1 saturated heterocycles. The maximum absolute atomic E-state index is 13.4. The molecule has 3 atom stereocenters. The van der Waals surface area contributed by atoms with Crippen LogP contribution in [0.5, 0.6) is 0 Å². The summed E-state index contributed by atoms with van der Waals surface area (Å²) in [6.07, 6.45) is -6.02. The highest BCUT2D eigenvalue weighted by molar-refractivity contribution is 7.91. The van der Waals surface area contributed by atoms with Crippen LogP contribution in [0.1, 0.15) is 49.9 Å². The van der Waals surface area contributed by atoms with Crippen molar-refractivity contribution < 1.29 is 36.0 Å². The highest BCUT2D eigenvalue weighted by Crippen LogP contribution is 2.33. The predicted molar refractivity (Wildman–Crippen MR) is 150 cm³/mol. The molecule has 0 spiro atoms. The molecule has 2 aromatic rings. The Bertz CT molecular complexity index is 1360. The second kappa shape index (κ2) is 13.7. The van der Waals surface area contributed by atoms with Gasteiger partial charge in [0.05, 0.1) is 21.6 Å². The van der Waals surface area contributed by atoms with Crippen LogP contribution in [0.4, 0.5) is 13.2 Å². The molecule has 0 radical (unpaired) electrons. The summed E-state index contributed by atoms with van der Waals surface area (Å²) in [6, 6.07) is 10.9. The minimum Gasteiger partial charge on any atom is -0.342 e. The number of alkyl halides is 3. The molecule has 1 fully saturated rings. The molecule has 0 saturated carbocycles. The van der Waals surface area contributed by atoms with Crippen molar-refractivity contribution in [3.63, 3.8) is 0 Å². The highest BCUT2D eigenvalue weighted by atomic mass is 35.5. The molecule has 1 N–H and O–H groups in total. The van der Waals surface area contributed by atoms with E-state index < -0.39 is 63.8 Å². The standard InChI is InChI=1S/C28H31Cl2F3N2O5S/c1-17(2)20(27(38)28(31,32)33)15-24(36)26(18-6-4-3-5-7-18)34-25(37)16-23(19-8-9-21(29)22(30)14-19)35-10-12-41(39,40)13-11-35/h3-9,14,17,20,23,26H,10-13,15-16H2,1-2H3,(H,34,37)/t20-,23+,26-/m0/s1. The first-order valence-corrected chi connectivity index (χ1v) is 15.5. The van der Waals surface area contributed by atoms with E-state index >= 15 is 0 Å². The third-order valence-corrected chi connectivity index (χ3v) is 9.48. The monoisotopic (exact) mass is 634 g/mol. The SMILES string of the molecule is CC(C)[C@H](CC(=O)[C@@H](NC(=O)C[C@H](c1ccc(Cl)c(Cl)c1)N1CCS(=O)(=O)CC1)c1ccccc1)C(=O)C(F)(F)F. The van der Waals surface area contributed by atoms with Gasteiger partial charge in [-0.25, -0.2) is 8.42 Å². The summed E-state index contributed by atoms with van der Waals surface area (Å²) in [5, 5.41) is 3.19. The van der Waals surface area contributed by atoms with Crippen molar-refractivity contribution >= 4 is 50.5 Å². The molecule has 1 aliphatic heterocycles. The average Bonchev–Trinajstić information content (AvgIpc) is 2.90. The molecule has 224 valence electrons. The van der Waals surface area contributed by atoms with Gasteiger partial charge < -0.3 is 5.32 Å². The maximum atomic E-state index is 13.4. The minimum atomic E-state index is -5.10. The number of hydrogen-bond acceptors (Lipinski definition) is 6. The third-order valence-electron chi connectivity index (χ3n) is 7.13. The Morgan fingerprint density at radius 1 is 0.927 bits per heavy atom. The van der Waals surface area contributed by atoms with Gasteiger partial charge in [0.2, 0.25) is 11.7 Å². The second-order valence-corrected chi connectivity index (χ2v) is 13.5. The van der Waals surface area contributed by atoms with Crippen LogP contribution in [0.25, 0.3) is 0 Å². The molecule has 41 heavy (non-hydrogen) atoms. The number of amides is 1. The summed E-state index contributed by atoms with van der Waals surface area (Å²) < 4.78 is 63.8. The fourth-order valence-corrected chi connectivity index (χ4v) is 6.32. The van der Waals surface area contributed by atoms with Gasteiger partial charge in [-0.15, -0.1) is 0 Å². The maximum Gasteiger partial charge on any atom is 0.450 e. The number of nitrogens with zero attached hydrogens (tertiary/aromatic N) is 1. The Labute approximate surface area is 247 Å². The molecule has 7 nitrogen and oxygen atoms in total. The van der Waals surface area contributed by atoms with Crippen molar-refractivity contribution in [3.8, 4) is 0 Å². The number of carbonyl (C=O) groups excluding carboxylic acids is 3. The molecule has 0 aliphatic carbocycles. The van der Waals surface area contributed by atoms with Gasteiger partial charge in [-0.2, -0.15) is 13.2 Å². The Hall–Kier alpha value is -2.47. The van der Waals surface area contributed by atoms with Crippen LogP contribution in [-0.4, -0.2) is 61.6 Å². The molecular weight excluding hydrogens is 604 g/mol. The van der Waals surface area contributed by atoms with E-state index in [1.54, 1.807) is 48.5 Å². The minimum absolute atomic E-state index is 0.0958. The van der Waals surface area contributed by atoms with Crippen LogP contribution in [0, 0.1) is 11.8 Å². The largest absolute Gasteiger partial charge is 0.450 e. The lowest BCUT2D eigenvalue weighted by Crippen LogP contribution is -2.44. The smallest absolute Gasteiger partial charge is 0.342 e. The number of halogens is 5. The predicted octanol–water partition coefficient (Wildman–Crippen LogP) is 5.38. The van der Waals surface area contributed by atoms with Gasteiger partial charge in [0.1, 0.15) is 6.04 Å². The van der Waals surface area contributed by atoms with Crippen molar-refractivity contribution in [2.24, 2.45) is 11.8 Å². The van der Waals surface area contributed by atoms with Crippen LogP contribution in [0.3, 0.4) is 0 Å². The summed E-state index contributed by atoms with van der Waals surface area (Å²) in [4.78, 5) is 40.7. The van der Waals surface area contributed by atoms with Crippen molar-refractivity contribution in [2.45, 2.75) is 44.9 Å². The van der Waals surface area contributed by atoms with Gasteiger partial charge in [0, 0.05) is 37.9 Å². The van der Waals surface area contributed by atoms with Crippen LogP contribution >= 0.6 is 23.2 Å². The van der Waals surface area contributed by atoms with E-state index in [9.17, 15) is 36.0 Å². The van der Waals surface area contributed by atoms with E-state index in [0.29, 0.717) is 16.1 Å². The summed E-state index contributed by atoms with van der Waals surface area (Å²) in [5.74, 6) is -5.89. The fourth-order valence-electron chi connectivity index (χ4n) is 4.78. The molecular formula is C28H31Cl2F3N2O5S. The van der Waals surface area contributed by atoms with Crippen LogP contribution in [-0.2, 0) is 24.2 Å². The van der Waals surface area contributed by atoms with Crippen LogP contribution < -0.4 is 5.32 Å². The zero-order valence-corrected chi connectivity index (χ0v) is 24.8. The molecule has 0 aromatic heterocycles. The Kier molecular flexibility index (Phi) is 11.0. The van der Waals surface area contributed by atoms with E-state index in [1.807, 2.05) is 4.90 Å². The molecule has 0 bridgehead atoms. The molecule has 13 heteroatoms. The molecule has 3 rings (SSSR count). The summed E-state index contributed by atoms with van der Waals surface area (Å²) in [6.45, 7) is 3.19. The number of benzene rings is 2. The first-order valence-electron chi connectivity index (χ1n) is 13.0. The van der Waals surface area contributed by atoms with Gasteiger partial charge in [0.25, 0.3) is 0 Å². The molecule has 1 heterocycles. The van der Waals surface area contributed by atoms with E-state index in [1.165, 1.54) is 13.8 Å². The Morgan fingerprint density at radius 2 is 1.54 bits per heavy atom. The van der Waals surface area contributed by atoms with Crippen LogP contribution in [0.2, 0.25) is 10.0 Å². The first kappa shape index (κ1) is 33.0. The number of carbonyl (C=O) groups is 3. The number of Topliss-reactive ketones (excluding diaryl/α,β-unsaturated/α-hetero) is 2. The lowest BCUT2D eigenvalue weighted by Gasteiger charge is -2.35. The summed E-state index contributed by atoms with van der Waals surface area (Å²) in [5.41, 5.74) is 0.954. The van der Waals surface area contributed by atoms with E-state index in [4.69, 9.17) is 23.2 Å². The quantitative estimate of drug-likeness (QED) is 0.356. The number of nitrogens with one attached hydrogen (secondary N) is 1. The van der Waals surface area contributed by atoms with Gasteiger partial charge in [-0.05, 0) is 29.2 Å². The van der Waals surface area contributed by atoms with Gasteiger partial charge in [-0.1, -0.05) is 73.4 Å². The average molecular weight is 636 g/mol. The molecule has 1 amide bonds. The third kappa shape index (κ3) is 9.01. The van der Waals surface area contributed by atoms with Crippen molar-refractivity contribution in [1.82, 2.24) is 10.2 Å². The number of rotatable bonds is 11. The van der Waals surface area contributed by atoms with E-state index in [2.05, 4.69) is 5.32 Å². The van der Waals surface area contributed by atoms with Gasteiger partial charge >= 0.3 is 6.18 Å². The summed E-state index contributed by atoms with van der Waals surface area (Å²) >= 11 is 12.3. The van der Waals surface area contributed by atoms with E-state index in [0.717, 1.165) is 0 Å². The Balaban J connectivity index is 1.88. The zero-order chi connectivity index (χ0) is 30.5. The topological polar surface area (TPSA) is 101 Å². The van der Waals surface area contributed by atoms with E-state index in [-0.39, 0.29) is 36.0 Å². The zero-order valence-electron chi connectivity index (χ0n) is 22.5. The van der Waals surface area contributed by atoms with Crippen molar-refractivity contribution in [3.05, 3.63) is 69.7 Å². The molecule has 2 aromatic carbocycles. The van der Waals surface area contributed by atoms with Crippen molar-refractivity contribution in [2.75, 3.05) is 24.6 Å². The van der Waals surface area contributed by atoms with Crippen molar-refractivity contribution in [1.29, 1.82) is 0 Å². The lowest BCUT2D eigenvalue weighted by atomic mass is 9.84. The van der Waals surface area contributed by atoms with Gasteiger partial charge in [-0.3, -0.25) is 19.3 Å². The first-order chi connectivity index (χ1) is 19.1.